The molecule has 1 aliphatic heterocycles. The van der Waals surface area contributed by atoms with Crippen LogP contribution in [-0.2, 0) is 14.4 Å². The molecule has 0 bridgehead atoms. The SMILES string of the molecule is CC(=O)OCO/N=[N+](/[O-])N1CCCC1. The average molecular weight is 203 g/mol. The van der Waals surface area contributed by atoms with Crippen LogP contribution in [0.15, 0.2) is 5.28 Å². The summed E-state index contributed by atoms with van der Waals surface area (Å²) in [5.74, 6) is -0.473. The number of ether oxygens (including phenoxy) is 1. The van der Waals surface area contributed by atoms with Gasteiger partial charge in [-0.3, -0.25) is 4.79 Å². The zero-order valence-electron chi connectivity index (χ0n) is 8.01. The Bertz CT molecular complexity index is 225. The van der Waals surface area contributed by atoms with E-state index in [9.17, 15) is 10.0 Å². The number of rotatable bonds is 4. The van der Waals surface area contributed by atoms with Crippen molar-refractivity contribution in [2.24, 2.45) is 5.28 Å². The highest BCUT2D eigenvalue weighted by Gasteiger charge is 2.18. The largest absolute Gasteiger partial charge is 0.569 e. The van der Waals surface area contributed by atoms with E-state index in [1.807, 2.05) is 0 Å². The molecule has 14 heavy (non-hydrogen) atoms. The molecule has 0 saturated carbocycles. The lowest BCUT2D eigenvalue weighted by molar-refractivity contribution is -0.708. The molecule has 0 N–H and O–H groups in total. The number of hydrogen-bond acceptors (Lipinski definition) is 5. The van der Waals surface area contributed by atoms with Gasteiger partial charge in [-0.15, -0.1) is 5.01 Å². The first-order chi connectivity index (χ1) is 6.70. The predicted octanol–water partition coefficient (Wildman–Crippen LogP) is 0.412. The molecule has 80 valence electrons. The number of hydrogen-bond donors (Lipinski definition) is 0. The average Bonchev–Trinajstić information content (AvgIpc) is 2.64. The zero-order chi connectivity index (χ0) is 10.4. The molecule has 0 amide bonds. The van der Waals surface area contributed by atoms with Crippen LogP contribution >= 0.6 is 0 Å². The number of carbonyl (C=O) groups excluding carboxylic acids is 1. The smallest absolute Gasteiger partial charge is 0.305 e. The maximum Gasteiger partial charge on any atom is 0.305 e. The number of esters is 1. The van der Waals surface area contributed by atoms with E-state index in [1.165, 1.54) is 11.9 Å². The molecule has 0 aliphatic carbocycles. The summed E-state index contributed by atoms with van der Waals surface area (Å²) in [6, 6.07) is 0. The fourth-order valence-corrected chi connectivity index (χ4v) is 1.11. The zero-order valence-corrected chi connectivity index (χ0v) is 8.01. The van der Waals surface area contributed by atoms with E-state index in [-0.39, 0.29) is 6.79 Å². The topological polar surface area (TPSA) is 77.2 Å². The van der Waals surface area contributed by atoms with Gasteiger partial charge in [0.05, 0.1) is 18.1 Å². The lowest BCUT2D eigenvalue weighted by Crippen LogP contribution is -2.27. The van der Waals surface area contributed by atoms with Gasteiger partial charge in [0, 0.05) is 6.92 Å². The summed E-state index contributed by atoms with van der Waals surface area (Å²) in [7, 11) is 0. The molecule has 1 aliphatic rings. The highest BCUT2D eigenvalue weighted by Crippen LogP contribution is 2.07. The van der Waals surface area contributed by atoms with Gasteiger partial charge in [-0.2, -0.15) is 0 Å². The third-order valence-corrected chi connectivity index (χ3v) is 1.77. The van der Waals surface area contributed by atoms with Crippen LogP contribution in [0.25, 0.3) is 0 Å². The van der Waals surface area contributed by atoms with Gasteiger partial charge in [0.15, 0.2) is 0 Å². The van der Waals surface area contributed by atoms with Gasteiger partial charge in [-0.05, 0) is 12.8 Å². The number of carbonyl (C=O) groups is 1. The standard InChI is InChI=1S/C7H13N3O4/c1-7(11)13-6-14-8-10(12)9-4-2-3-5-9/h2-6H2,1H3/b10-8+. The molecule has 0 unspecified atom stereocenters. The van der Waals surface area contributed by atoms with E-state index in [1.54, 1.807) is 0 Å². The first-order valence-corrected chi connectivity index (χ1v) is 4.38. The first-order valence-electron chi connectivity index (χ1n) is 4.38. The van der Waals surface area contributed by atoms with Crippen LogP contribution in [0.5, 0.6) is 0 Å². The molecule has 0 aromatic carbocycles. The molecular formula is C7H13N3O4. The maximum atomic E-state index is 11.1. The second kappa shape index (κ2) is 5.25. The molecule has 1 heterocycles. The first kappa shape index (κ1) is 10.6. The fraction of sp³-hybridized carbons (Fsp3) is 0.857. The van der Waals surface area contributed by atoms with Crippen LogP contribution in [-0.4, -0.2) is 35.8 Å². The summed E-state index contributed by atoms with van der Waals surface area (Å²) in [6.07, 6.45) is 1.97. The molecular weight excluding hydrogens is 190 g/mol. The van der Waals surface area contributed by atoms with Gasteiger partial charge in [-0.1, -0.05) is 0 Å². The molecule has 7 nitrogen and oxygen atoms in total. The van der Waals surface area contributed by atoms with Crippen LogP contribution in [0.4, 0.5) is 0 Å². The Morgan fingerprint density at radius 1 is 1.57 bits per heavy atom. The minimum absolute atomic E-state index is 0.331. The summed E-state index contributed by atoms with van der Waals surface area (Å²) in [6.45, 7) is 2.29. The lowest BCUT2D eigenvalue weighted by atomic mass is 10.4. The van der Waals surface area contributed by atoms with Crippen molar-refractivity contribution < 1.29 is 19.3 Å². The molecule has 0 atom stereocenters. The van der Waals surface area contributed by atoms with Crippen molar-refractivity contribution in [2.75, 3.05) is 19.9 Å². The van der Waals surface area contributed by atoms with E-state index in [0.717, 1.165) is 12.8 Å². The Hall–Kier alpha value is -1.53. The molecule has 1 fully saturated rings. The maximum absolute atomic E-state index is 11.1. The number of hydrazine groups is 1. The minimum Gasteiger partial charge on any atom is -0.569 e. The molecule has 0 radical (unpaired) electrons. The Kier molecular flexibility index (Phi) is 3.96. The monoisotopic (exact) mass is 203 g/mol. The van der Waals surface area contributed by atoms with E-state index in [0.29, 0.717) is 18.1 Å². The van der Waals surface area contributed by atoms with Gasteiger partial charge < -0.3 is 14.8 Å². The third-order valence-electron chi connectivity index (χ3n) is 1.77. The molecule has 7 heteroatoms. The van der Waals surface area contributed by atoms with Gasteiger partial charge in [0.1, 0.15) is 0 Å². The van der Waals surface area contributed by atoms with Crippen LogP contribution in [0.2, 0.25) is 0 Å². The second-order valence-corrected chi connectivity index (χ2v) is 2.88. The van der Waals surface area contributed by atoms with Crippen molar-refractivity contribution in [1.29, 1.82) is 0 Å². The van der Waals surface area contributed by atoms with Crippen molar-refractivity contribution in [2.45, 2.75) is 19.8 Å². The van der Waals surface area contributed by atoms with Gasteiger partial charge in [0.2, 0.25) is 5.28 Å². The van der Waals surface area contributed by atoms with E-state index < -0.39 is 5.97 Å². The van der Waals surface area contributed by atoms with Gasteiger partial charge in [-0.25, -0.2) is 0 Å². The van der Waals surface area contributed by atoms with Crippen molar-refractivity contribution in [1.82, 2.24) is 5.01 Å². The minimum atomic E-state index is -0.473. The Labute approximate surface area is 81.4 Å². The van der Waals surface area contributed by atoms with E-state index in [2.05, 4.69) is 14.9 Å². The molecule has 0 aromatic heterocycles. The predicted molar refractivity (Wildman–Crippen MR) is 44.6 cm³/mol. The normalized spacial score (nSPS) is 16.9. The Morgan fingerprint density at radius 2 is 2.21 bits per heavy atom. The molecule has 1 saturated heterocycles. The highest BCUT2D eigenvalue weighted by atomic mass is 16.8. The highest BCUT2D eigenvalue weighted by molar-refractivity contribution is 5.65. The summed E-state index contributed by atoms with van der Waals surface area (Å²) >= 11 is 0. The van der Waals surface area contributed by atoms with E-state index >= 15 is 0 Å². The van der Waals surface area contributed by atoms with Crippen molar-refractivity contribution in [3.8, 4) is 0 Å². The molecule has 0 aromatic rings. The Balaban J connectivity index is 2.18. The van der Waals surface area contributed by atoms with Gasteiger partial charge >= 0.3 is 5.97 Å². The summed E-state index contributed by atoms with van der Waals surface area (Å²) in [5.41, 5.74) is 0. The van der Waals surface area contributed by atoms with Gasteiger partial charge in [0.25, 0.3) is 6.79 Å². The Morgan fingerprint density at radius 3 is 2.79 bits per heavy atom. The fourth-order valence-electron chi connectivity index (χ4n) is 1.11. The number of nitrogens with zero attached hydrogens (tertiary/aromatic N) is 3. The second-order valence-electron chi connectivity index (χ2n) is 2.88. The van der Waals surface area contributed by atoms with Crippen molar-refractivity contribution >= 4 is 5.97 Å². The van der Waals surface area contributed by atoms with E-state index in [4.69, 9.17) is 0 Å². The summed E-state index contributed by atoms with van der Waals surface area (Å²) < 4.78 is 4.42. The summed E-state index contributed by atoms with van der Waals surface area (Å²) in [5, 5.41) is 15.8. The van der Waals surface area contributed by atoms with Crippen LogP contribution < -0.4 is 0 Å². The lowest BCUT2D eigenvalue weighted by Gasteiger charge is -2.09. The third kappa shape index (κ3) is 3.46. The van der Waals surface area contributed by atoms with Crippen LogP contribution in [0.1, 0.15) is 19.8 Å². The van der Waals surface area contributed by atoms with Crippen LogP contribution in [0, 0.1) is 5.21 Å². The molecule has 0 spiro atoms. The summed E-state index contributed by atoms with van der Waals surface area (Å²) in [4.78, 5) is 15.2. The van der Waals surface area contributed by atoms with Crippen LogP contribution in [0.3, 0.4) is 0 Å². The van der Waals surface area contributed by atoms with Crippen molar-refractivity contribution in [3.05, 3.63) is 5.21 Å². The van der Waals surface area contributed by atoms with Crippen molar-refractivity contribution in [3.63, 3.8) is 0 Å². The molecule has 1 rings (SSSR count). The quantitative estimate of drug-likeness (QED) is 0.165.